The summed E-state index contributed by atoms with van der Waals surface area (Å²) in [5.41, 5.74) is 0. The fourth-order valence-corrected chi connectivity index (χ4v) is 1.66. The third-order valence-electron chi connectivity index (χ3n) is 1.99. The van der Waals surface area contributed by atoms with Crippen LogP contribution in [0.3, 0.4) is 0 Å². The van der Waals surface area contributed by atoms with Crippen LogP contribution in [0.25, 0.3) is 0 Å². The van der Waals surface area contributed by atoms with Crippen LogP contribution in [0, 0.1) is 0 Å². The molecule has 3 nitrogen and oxygen atoms in total. The summed E-state index contributed by atoms with van der Waals surface area (Å²) < 4.78 is 6.24. The van der Waals surface area contributed by atoms with Crippen LogP contribution in [0.2, 0.25) is 0 Å². The Morgan fingerprint density at radius 1 is 1.33 bits per heavy atom. The van der Waals surface area contributed by atoms with Crippen LogP contribution in [0.5, 0.6) is 0 Å². The molecule has 2 rings (SSSR count). The van der Waals surface area contributed by atoms with Gasteiger partial charge in [0.1, 0.15) is 0 Å². The van der Waals surface area contributed by atoms with Crippen molar-refractivity contribution in [3.63, 3.8) is 0 Å². The number of anilines is 1. The second-order valence-electron chi connectivity index (χ2n) is 2.81. The summed E-state index contributed by atoms with van der Waals surface area (Å²) >= 11 is 3.29. The summed E-state index contributed by atoms with van der Waals surface area (Å²) in [5, 5.41) is 3.30. The van der Waals surface area contributed by atoms with E-state index in [1.165, 1.54) is 0 Å². The average Bonchev–Trinajstić information content (AvgIpc) is 2.54. The third kappa shape index (κ3) is 1.64. The molecule has 1 N–H and O–H groups in total. The van der Waals surface area contributed by atoms with Gasteiger partial charge in [0, 0.05) is 32.2 Å². The predicted molar refractivity (Wildman–Crippen MR) is 51.5 cm³/mol. The van der Waals surface area contributed by atoms with E-state index in [0.717, 1.165) is 36.7 Å². The van der Waals surface area contributed by atoms with Gasteiger partial charge in [-0.1, -0.05) is 0 Å². The van der Waals surface area contributed by atoms with Crippen LogP contribution in [0.1, 0.15) is 0 Å². The van der Waals surface area contributed by atoms with E-state index in [2.05, 4.69) is 26.1 Å². The van der Waals surface area contributed by atoms with Crippen molar-refractivity contribution in [2.75, 3.05) is 31.1 Å². The first-order valence-corrected chi connectivity index (χ1v) is 4.86. The van der Waals surface area contributed by atoms with E-state index in [1.807, 2.05) is 12.1 Å². The van der Waals surface area contributed by atoms with Crippen molar-refractivity contribution < 1.29 is 4.42 Å². The van der Waals surface area contributed by atoms with Crippen LogP contribution in [-0.2, 0) is 0 Å². The van der Waals surface area contributed by atoms with Gasteiger partial charge in [-0.2, -0.15) is 0 Å². The van der Waals surface area contributed by atoms with Crippen molar-refractivity contribution in [2.24, 2.45) is 0 Å². The summed E-state index contributed by atoms with van der Waals surface area (Å²) in [6.07, 6.45) is 0. The molecular weight excluding hydrogens is 220 g/mol. The highest BCUT2D eigenvalue weighted by Crippen LogP contribution is 2.22. The largest absolute Gasteiger partial charge is 0.434 e. The van der Waals surface area contributed by atoms with E-state index in [0.29, 0.717) is 0 Å². The lowest BCUT2D eigenvalue weighted by molar-refractivity contribution is 0.494. The first-order valence-electron chi connectivity index (χ1n) is 4.07. The summed E-state index contributed by atoms with van der Waals surface area (Å²) in [6.45, 7) is 4.14. The lowest BCUT2D eigenvalue weighted by atomic mass is 10.4. The number of hydrogen-bond acceptors (Lipinski definition) is 3. The van der Waals surface area contributed by atoms with Gasteiger partial charge in [-0.15, -0.1) is 0 Å². The highest BCUT2D eigenvalue weighted by Gasteiger charge is 2.12. The smallest absolute Gasteiger partial charge is 0.197 e. The predicted octanol–water partition coefficient (Wildman–Crippen LogP) is 1.45. The van der Waals surface area contributed by atoms with Crippen LogP contribution in [-0.4, -0.2) is 26.2 Å². The first-order chi connectivity index (χ1) is 5.86. The van der Waals surface area contributed by atoms with E-state index in [4.69, 9.17) is 4.42 Å². The number of piperazine rings is 1. The molecule has 4 heteroatoms. The molecule has 0 aliphatic carbocycles. The van der Waals surface area contributed by atoms with Crippen molar-refractivity contribution in [2.45, 2.75) is 0 Å². The van der Waals surface area contributed by atoms with Crippen molar-refractivity contribution in [3.8, 4) is 0 Å². The Balaban J connectivity index is 2.08. The minimum atomic E-state index is 0.802. The molecule has 0 atom stereocenters. The zero-order valence-electron chi connectivity index (χ0n) is 6.72. The van der Waals surface area contributed by atoms with E-state index in [-0.39, 0.29) is 0 Å². The number of furan rings is 1. The fraction of sp³-hybridized carbons (Fsp3) is 0.500. The Hall–Kier alpha value is -0.480. The fourth-order valence-electron chi connectivity index (χ4n) is 1.36. The highest BCUT2D eigenvalue weighted by atomic mass is 79.9. The quantitative estimate of drug-likeness (QED) is 0.792. The molecule has 1 aliphatic heterocycles. The molecule has 0 bridgehead atoms. The lowest BCUT2D eigenvalue weighted by Gasteiger charge is -2.26. The zero-order chi connectivity index (χ0) is 8.39. The monoisotopic (exact) mass is 230 g/mol. The van der Waals surface area contributed by atoms with Gasteiger partial charge in [-0.3, -0.25) is 0 Å². The van der Waals surface area contributed by atoms with Crippen LogP contribution in [0.15, 0.2) is 21.2 Å². The van der Waals surface area contributed by atoms with E-state index in [9.17, 15) is 0 Å². The summed E-state index contributed by atoms with van der Waals surface area (Å²) in [7, 11) is 0. The maximum atomic E-state index is 5.44. The number of nitrogens with zero attached hydrogens (tertiary/aromatic N) is 1. The molecule has 1 aromatic heterocycles. The molecule has 0 aromatic carbocycles. The van der Waals surface area contributed by atoms with Gasteiger partial charge in [0.25, 0.3) is 0 Å². The normalized spacial score (nSPS) is 18.2. The molecule has 12 heavy (non-hydrogen) atoms. The minimum absolute atomic E-state index is 0.802. The van der Waals surface area contributed by atoms with Crippen molar-refractivity contribution >= 4 is 21.8 Å². The standard InChI is InChI=1S/C8H11BrN2O/c9-7-1-2-8(12-7)11-5-3-10-4-6-11/h1-2,10H,3-6H2. The molecule has 1 aromatic rings. The topological polar surface area (TPSA) is 28.4 Å². The Labute approximate surface area is 79.9 Å². The third-order valence-corrected chi connectivity index (χ3v) is 2.41. The Morgan fingerprint density at radius 3 is 2.67 bits per heavy atom. The second-order valence-corrected chi connectivity index (χ2v) is 3.60. The molecule has 1 fully saturated rings. The number of rotatable bonds is 1. The molecule has 66 valence electrons. The molecule has 1 saturated heterocycles. The molecule has 2 heterocycles. The van der Waals surface area contributed by atoms with E-state index in [1.54, 1.807) is 0 Å². The highest BCUT2D eigenvalue weighted by molar-refractivity contribution is 9.10. The molecule has 0 amide bonds. The van der Waals surface area contributed by atoms with Gasteiger partial charge in [-0.25, -0.2) is 0 Å². The van der Waals surface area contributed by atoms with Crippen molar-refractivity contribution in [3.05, 3.63) is 16.8 Å². The number of halogens is 1. The van der Waals surface area contributed by atoms with Gasteiger partial charge in [0.15, 0.2) is 10.6 Å². The molecule has 0 unspecified atom stereocenters. The zero-order valence-corrected chi connectivity index (χ0v) is 8.30. The average molecular weight is 231 g/mol. The Kier molecular flexibility index (Phi) is 2.37. The second kappa shape index (κ2) is 3.49. The molecule has 0 spiro atoms. The van der Waals surface area contributed by atoms with Gasteiger partial charge >= 0.3 is 0 Å². The minimum Gasteiger partial charge on any atom is -0.434 e. The van der Waals surface area contributed by atoms with Crippen LogP contribution >= 0.6 is 15.9 Å². The number of nitrogens with one attached hydrogen (secondary N) is 1. The summed E-state index contributed by atoms with van der Waals surface area (Å²) in [5.74, 6) is 0.961. The first kappa shape index (κ1) is 8.13. The van der Waals surface area contributed by atoms with E-state index < -0.39 is 0 Å². The summed E-state index contributed by atoms with van der Waals surface area (Å²) in [6, 6.07) is 3.92. The Bertz CT molecular complexity index is 255. The van der Waals surface area contributed by atoms with Gasteiger partial charge in [0.05, 0.1) is 0 Å². The molecular formula is C8H11BrN2O. The van der Waals surface area contributed by atoms with Crippen LogP contribution < -0.4 is 10.2 Å². The maximum Gasteiger partial charge on any atom is 0.197 e. The van der Waals surface area contributed by atoms with E-state index >= 15 is 0 Å². The van der Waals surface area contributed by atoms with Crippen molar-refractivity contribution in [1.29, 1.82) is 0 Å². The van der Waals surface area contributed by atoms with Crippen molar-refractivity contribution in [1.82, 2.24) is 5.32 Å². The molecule has 1 aliphatic rings. The van der Waals surface area contributed by atoms with Gasteiger partial charge in [0.2, 0.25) is 0 Å². The maximum absolute atomic E-state index is 5.44. The summed E-state index contributed by atoms with van der Waals surface area (Å²) in [4.78, 5) is 2.24. The van der Waals surface area contributed by atoms with Crippen LogP contribution in [0.4, 0.5) is 5.88 Å². The molecule has 0 saturated carbocycles. The lowest BCUT2D eigenvalue weighted by Crippen LogP contribution is -2.43. The molecule has 0 radical (unpaired) electrons. The van der Waals surface area contributed by atoms with Gasteiger partial charge < -0.3 is 14.6 Å². The Morgan fingerprint density at radius 2 is 2.08 bits per heavy atom. The van der Waals surface area contributed by atoms with Gasteiger partial charge in [-0.05, 0) is 22.0 Å². The number of hydrogen-bond donors (Lipinski definition) is 1. The SMILES string of the molecule is Brc1ccc(N2CCNCC2)o1.